The molecule has 0 atom stereocenters. The van der Waals surface area contributed by atoms with Gasteiger partial charge in [0.05, 0.1) is 0 Å². The van der Waals surface area contributed by atoms with Crippen LogP contribution in [0.4, 0.5) is 28.9 Å². The fourth-order valence-electron chi connectivity index (χ4n) is 1.71. The maximum Gasteiger partial charge on any atom is 0.149 e. The van der Waals surface area contributed by atoms with E-state index in [1.165, 1.54) is 0 Å². The van der Waals surface area contributed by atoms with Crippen molar-refractivity contribution in [1.82, 2.24) is 0 Å². The average Bonchev–Trinajstić information content (AvgIpc) is 2.33. The maximum absolute atomic E-state index is 13.2. The van der Waals surface area contributed by atoms with E-state index in [4.69, 9.17) is 11.5 Å². The van der Waals surface area contributed by atoms with Crippen LogP contribution in [0.3, 0.4) is 0 Å². The van der Waals surface area contributed by atoms with Crippen LogP contribution in [0.1, 0.15) is 11.1 Å². The summed E-state index contributed by atoms with van der Waals surface area (Å²) in [5.74, 6) is -3.64. The monoisotopic (exact) mass is 270 g/mol. The van der Waals surface area contributed by atoms with Crippen molar-refractivity contribution >= 4 is 11.4 Å². The fraction of sp³-hybridized carbons (Fsp3) is 0.0769. The molecule has 0 heterocycles. The molecule has 0 radical (unpaired) electrons. The molecule has 2 aromatic carbocycles. The zero-order chi connectivity index (χ0) is 14.2. The molecule has 2 nitrogen and oxygen atoms in total. The van der Waals surface area contributed by atoms with Gasteiger partial charge in [0.2, 0.25) is 0 Å². The zero-order valence-corrected chi connectivity index (χ0v) is 9.68. The number of rotatable bonds is 2. The van der Waals surface area contributed by atoms with E-state index < -0.39 is 34.6 Å². The van der Waals surface area contributed by atoms with Crippen LogP contribution in [0.15, 0.2) is 24.3 Å². The Morgan fingerprint density at radius 3 is 1.16 bits per heavy atom. The predicted octanol–water partition coefficient (Wildman–Crippen LogP) is 3.00. The van der Waals surface area contributed by atoms with Gasteiger partial charge in [-0.15, -0.1) is 0 Å². The molecule has 100 valence electrons. The lowest BCUT2D eigenvalue weighted by molar-refractivity contribution is 0.586. The predicted molar refractivity (Wildman–Crippen MR) is 64.3 cm³/mol. The van der Waals surface area contributed by atoms with Gasteiger partial charge in [0.25, 0.3) is 0 Å². The maximum atomic E-state index is 13.2. The molecule has 0 saturated heterocycles. The van der Waals surface area contributed by atoms with Crippen molar-refractivity contribution in [2.24, 2.45) is 0 Å². The summed E-state index contributed by atoms with van der Waals surface area (Å²) in [6.07, 6.45) is -0.0394. The molecule has 0 spiro atoms. The van der Waals surface area contributed by atoms with E-state index in [-0.39, 0.29) is 17.5 Å². The van der Waals surface area contributed by atoms with Gasteiger partial charge < -0.3 is 11.5 Å². The summed E-state index contributed by atoms with van der Waals surface area (Å²) in [5, 5.41) is 0. The third-order valence-electron chi connectivity index (χ3n) is 2.69. The highest BCUT2D eigenvalue weighted by Gasteiger charge is 2.11. The van der Waals surface area contributed by atoms with Crippen molar-refractivity contribution in [2.45, 2.75) is 6.42 Å². The first-order chi connectivity index (χ1) is 8.88. The summed E-state index contributed by atoms with van der Waals surface area (Å²) in [6.45, 7) is 0. The van der Waals surface area contributed by atoms with Crippen LogP contribution in [-0.2, 0) is 6.42 Å². The Labute approximate surface area is 106 Å². The van der Waals surface area contributed by atoms with Crippen LogP contribution in [0.2, 0.25) is 0 Å². The van der Waals surface area contributed by atoms with Crippen LogP contribution < -0.4 is 11.5 Å². The molecule has 19 heavy (non-hydrogen) atoms. The second-order valence-corrected chi connectivity index (χ2v) is 4.12. The van der Waals surface area contributed by atoms with Crippen molar-refractivity contribution in [3.8, 4) is 0 Å². The van der Waals surface area contributed by atoms with Crippen molar-refractivity contribution < 1.29 is 17.6 Å². The first-order valence-electron chi connectivity index (χ1n) is 5.35. The minimum Gasteiger partial charge on any atom is -0.394 e. The molecule has 0 fully saturated rings. The van der Waals surface area contributed by atoms with Gasteiger partial charge in [0.15, 0.2) is 0 Å². The topological polar surface area (TPSA) is 52.0 Å². The first kappa shape index (κ1) is 13.2. The van der Waals surface area contributed by atoms with Crippen molar-refractivity contribution in [2.75, 3.05) is 11.5 Å². The summed E-state index contributed by atoms with van der Waals surface area (Å²) >= 11 is 0. The SMILES string of the molecule is Nc1c(F)cc(Cc2cc(F)c(N)c(F)c2)cc1F. The van der Waals surface area contributed by atoms with E-state index >= 15 is 0 Å². The number of hydrogen-bond donors (Lipinski definition) is 2. The molecule has 2 aromatic rings. The van der Waals surface area contributed by atoms with E-state index in [9.17, 15) is 17.6 Å². The molecule has 0 aliphatic carbocycles. The van der Waals surface area contributed by atoms with Gasteiger partial charge in [-0.2, -0.15) is 0 Å². The Hall–Kier alpha value is -2.24. The van der Waals surface area contributed by atoms with Gasteiger partial charge in [0.1, 0.15) is 34.6 Å². The molecular weight excluding hydrogens is 260 g/mol. The fourth-order valence-corrected chi connectivity index (χ4v) is 1.71. The minimum atomic E-state index is -0.911. The van der Waals surface area contributed by atoms with Crippen LogP contribution in [-0.4, -0.2) is 0 Å². The quantitative estimate of drug-likeness (QED) is 0.651. The summed E-state index contributed by atoms with van der Waals surface area (Å²) < 4.78 is 52.9. The Morgan fingerprint density at radius 1 is 0.632 bits per heavy atom. The Morgan fingerprint density at radius 2 is 0.895 bits per heavy atom. The first-order valence-corrected chi connectivity index (χ1v) is 5.35. The van der Waals surface area contributed by atoms with Crippen molar-refractivity contribution in [3.63, 3.8) is 0 Å². The lowest BCUT2D eigenvalue weighted by Gasteiger charge is -2.07. The standard InChI is InChI=1S/C13H10F4N2/c14-8-2-6(3-9(15)12(8)18)1-7-4-10(16)13(19)11(17)5-7/h2-5H,1,18-19H2. The van der Waals surface area contributed by atoms with Gasteiger partial charge in [-0.1, -0.05) is 0 Å². The lowest BCUT2D eigenvalue weighted by Crippen LogP contribution is -2.01. The highest BCUT2D eigenvalue weighted by atomic mass is 19.1. The van der Waals surface area contributed by atoms with Crippen molar-refractivity contribution in [1.29, 1.82) is 0 Å². The van der Waals surface area contributed by atoms with E-state index in [1.54, 1.807) is 0 Å². The molecule has 4 N–H and O–H groups in total. The molecule has 6 heteroatoms. The highest BCUT2D eigenvalue weighted by molar-refractivity contribution is 5.46. The van der Waals surface area contributed by atoms with Gasteiger partial charge in [-0.3, -0.25) is 0 Å². The number of nitrogen functional groups attached to an aromatic ring is 2. The number of hydrogen-bond acceptors (Lipinski definition) is 2. The molecule has 0 aliphatic rings. The van der Waals surface area contributed by atoms with Gasteiger partial charge in [-0.25, -0.2) is 17.6 Å². The van der Waals surface area contributed by atoms with E-state index in [0.29, 0.717) is 0 Å². The average molecular weight is 270 g/mol. The van der Waals surface area contributed by atoms with Crippen LogP contribution in [0.25, 0.3) is 0 Å². The highest BCUT2D eigenvalue weighted by Crippen LogP contribution is 2.22. The zero-order valence-electron chi connectivity index (χ0n) is 9.68. The Bertz CT molecular complexity index is 539. The molecule has 0 saturated carbocycles. The molecule has 0 bridgehead atoms. The Balaban J connectivity index is 2.36. The molecule has 0 unspecified atom stereocenters. The lowest BCUT2D eigenvalue weighted by atomic mass is 10.0. The third-order valence-corrected chi connectivity index (χ3v) is 2.69. The van der Waals surface area contributed by atoms with E-state index in [0.717, 1.165) is 24.3 Å². The third kappa shape index (κ3) is 2.62. The minimum absolute atomic E-state index is 0.0394. The van der Waals surface area contributed by atoms with E-state index in [1.807, 2.05) is 0 Å². The van der Waals surface area contributed by atoms with Gasteiger partial charge in [0, 0.05) is 0 Å². The second kappa shape index (κ2) is 4.79. The smallest absolute Gasteiger partial charge is 0.149 e. The molecule has 0 amide bonds. The van der Waals surface area contributed by atoms with Gasteiger partial charge >= 0.3 is 0 Å². The normalized spacial score (nSPS) is 10.7. The Kier molecular flexibility index (Phi) is 3.33. The number of benzene rings is 2. The van der Waals surface area contributed by atoms with Crippen LogP contribution in [0, 0.1) is 23.3 Å². The second-order valence-electron chi connectivity index (χ2n) is 4.12. The summed E-state index contributed by atoms with van der Waals surface area (Å²) in [4.78, 5) is 0. The number of halogens is 4. The molecule has 2 rings (SSSR count). The van der Waals surface area contributed by atoms with Gasteiger partial charge in [-0.05, 0) is 41.8 Å². The summed E-state index contributed by atoms with van der Waals surface area (Å²) in [6, 6.07) is 4.07. The molecular formula is C13H10F4N2. The number of nitrogens with two attached hydrogens (primary N) is 2. The largest absolute Gasteiger partial charge is 0.394 e. The summed E-state index contributed by atoms with van der Waals surface area (Å²) in [7, 11) is 0. The van der Waals surface area contributed by atoms with Crippen molar-refractivity contribution in [3.05, 3.63) is 58.7 Å². The molecule has 0 aliphatic heterocycles. The van der Waals surface area contributed by atoms with Crippen LogP contribution >= 0.6 is 0 Å². The summed E-state index contributed by atoms with van der Waals surface area (Å²) in [5.41, 5.74) is 9.51. The van der Waals surface area contributed by atoms with Crippen LogP contribution in [0.5, 0.6) is 0 Å². The van der Waals surface area contributed by atoms with E-state index in [2.05, 4.69) is 0 Å². The number of anilines is 2. The molecule has 0 aromatic heterocycles.